The highest BCUT2D eigenvalue weighted by Crippen LogP contribution is 2.51. The zero-order valence-corrected chi connectivity index (χ0v) is 20.7. The number of methoxy groups -OCH3 is 3. The van der Waals surface area contributed by atoms with Crippen molar-refractivity contribution in [3.63, 3.8) is 0 Å². The second-order valence-corrected chi connectivity index (χ2v) is 9.44. The van der Waals surface area contributed by atoms with Crippen molar-refractivity contribution in [1.29, 1.82) is 0 Å². The molecule has 9 heteroatoms. The van der Waals surface area contributed by atoms with Crippen molar-refractivity contribution in [2.75, 3.05) is 34.7 Å². The number of benzene rings is 2. The van der Waals surface area contributed by atoms with E-state index in [-0.39, 0.29) is 12.6 Å². The Morgan fingerprint density at radius 3 is 2.11 bits per heavy atom. The number of hydrogen-bond acceptors (Lipinski definition) is 9. The number of aliphatic hydroxyl groups is 1. The monoisotopic (exact) mass is 486 g/mol. The quantitative estimate of drug-likeness (QED) is 0.615. The number of ketones is 1. The molecule has 0 saturated heterocycles. The van der Waals surface area contributed by atoms with Gasteiger partial charge in [0.05, 0.1) is 39.8 Å². The molecular formula is C26H30O9. The van der Waals surface area contributed by atoms with Crippen molar-refractivity contribution < 1.29 is 43.1 Å². The fourth-order valence-corrected chi connectivity index (χ4v) is 4.75. The van der Waals surface area contributed by atoms with Gasteiger partial charge in [0, 0.05) is 11.5 Å². The molecule has 3 atom stereocenters. The van der Waals surface area contributed by atoms with Crippen LogP contribution in [0.3, 0.4) is 0 Å². The lowest BCUT2D eigenvalue weighted by molar-refractivity contribution is -0.162. The molecule has 2 aromatic carbocycles. The Morgan fingerprint density at radius 1 is 1.00 bits per heavy atom. The van der Waals surface area contributed by atoms with Crippen LogP contribution in [-0.4, -0.2) is 57.2 Å². The van der Waals surface area contributed by atoms with Crippen LogP contribution in [0, 0.1) is 11.8 Å². The van der Waals surface area contributed by atoms with Crippen LogP contribution in [0.2, 0.25) is 0 Å². The zero-order valence-electron chi connectivity index (χ0n) is 20.7. The van der Waals surface area contributed by atoms with Crippen LogP contribution in [0.5, 0.6) is 28.7 Å². The molecule has 0 saturated carbocycles. The van der Waals surface area contributed by atoms with Crippen LogP contribution in [-0.2, 0) is 9.53 Å². The summed E-state index contributed by atoms with van der Waals surface area (Å²) in [6.45, 7) is 4.76. The minimum Gasteiger partial charge on any atom is -0.493 e. The van der Waals surface area contributed by atoms with Crippen LogP contribution < -0.4 is 23.7 Å². The third-order valence-electron chi connectivity index (χ3n) is 6.20. The van der Waals surface area contributed by atoms with E-state index in [9.17, 15) is 14.7 Å². The molecule has 2 aromatic rings. The summed E-state index contributed by atoms with van der Waals surface area (Å²) in [5, 5.41) is 10.3. The second-order valence-electron chi connectivity index (χ2n) is 9.44. The van der Waals surface area contributed by atoms with E-state index in [4.69, 9.17) is 28.4 Å². The molecule has 2 aliphatic rings. The van der Waals surface area contributed by atoms with Crippen LogP contribution >= 0.6 is 0 Å². The Hall–Kier alpha value is -3.46. The highest BCUT2D eigenvalue weighted by molar-refractivity contribution is 6.04. The Morgan fingerprint density at radius 2 is 1.60 bits per heavy atom. The van der Waals surface area contributed by atoms with Gasteiger partial charge in [-0.15, -0.1) is 0 Å². The Kier molecular flexibility index (Phi) is 6.55. The highest BCUT2D eigenvalue weighted by Gasteiger charge is 2.49. The number of ether oxygens (including phenoxy) is 6. The number of rotatable bonds is 6. The Bertz CT molecular complexity index is 1120. The lowest BCUT2D eigenvalue weighted by atomic mass is 9.66. The van der Waals surface area contributed by atoms with Crippen LogP contribution in [0.1, 0.15) is 48.2 Å². The maximum absolute atomic E-state index is 13.6. The van der Waals surface area contributed by atoms with Crippen molar-refractivity contribution in [2.45, 2.75) is 32.3 Å². The molecular weight excluding hydrogens is 456 g/mol. The summed E-state index contributed by atoms with van der Waals surface area (Å²) in [4.78, 5) is 27.1. The van der Waals surface area contributed by atoms with Crippen LogP contribution in [0.25, 0.3) is 0 Å². The predicted molar refractivity (Wildman–Crippen MR) is 125 cm³/mol. The van der Waals surface area contributed by atoms with Gasteiger partial charge in [-0.3, -0.25) is 9.59 Å². The van der Waals surface area contributed by atoms with E-state index < -0.39 is 35.9 Å². The van der Waals surface area contributed by atoms with E-state index in [1.165, 1.54) is 21.3 Å². The largest absolute Gasteiger partial charge is 0.493 e. The van der Waals surface area contributed by atoms with E-state index in [0.29, 0.717) is 45.4 Å². The third kappa shape index (κ3) is 4.36. The molecule has 0 fully saturated rings. The molecule has 0 spiro atoms. The number of fused-ring (bicyclic) bond motifs is 2. The lowest BCUT2D eigenvalue weighted by Gasteiger charge is -2.38. The fraction of sp³-hybridized carbons (Fsp3) is 0.462. The topological polar surface area (TPSA) is 110 Å². The molecule has 0 unspecified atom stereocenters. The molecule has 0 bridgehead atoms. The first-order valence-corrected chi connectivity index (χ1v) is 11.2. The summed E-state index contributed by atoms with van der Waals surface area (Å²) >= 11 is 0. The molecule has 1 heterocycles. The van der Waals surface area contributed by atoms with Gasteiger partial charge in [-0.25, -0.2) is 0 Å². The normalized spacial score (nSPS) is 20.8. The number of hydrogen-bond donors (Lipinski definition) is 1. The first-order valence-electron chi connectivity index (χ1n) is 11.2. The van der Waals surface area contributed by atoms with Crippen molar-refractivity contribution >= 4 is 11.8 Å². The number of aliphatic hydroxyl groups excluding tert-OH is 1. The molecule has 4 rings (SSSR count). The summed E-state index contributed by atoms with van der Waals surface area (Å²) in [7, 11) is 4.50. The molecule has 0 amide bonds. The van der Waals surface area contributed by atoms with Gasteiger partial charge >= 0.3 is 5.97 Å². The van der Waals surface area contributed by atoms with Gasteiger partial charge < -0.3 is 33.5 Å². The minimum atomic E-state index is -1.03. The van der Waals surface area contributed by atoms with Crippen molar-refractivity contribution in [2.24, 2.45) is 11.8 Å². The minimum absolute atomic E-state index is 0.0280. The number of esters is 1. The maximum Gasteiger partial charge on any atom is 0.311 e. The van der Waals surface area contributed by atoms with Crippen LogP contribution in [0.4, 0.5) is 0 Å². The van der Waals surface area contributed by atoms with Gasteiger partial charge in [-0.1, -0.05) is 0 Å². The molecule has 1 N–H and O–H groups in total. The smallest absolute Gasteiger partial charge is 0.311 e. The third-order valence-corrected chi connectivity index (χ3v) is 6.20. The summed E-state index contributed by atoms with van der Waals surface area (Å²) in [6, 6.07) is 6.80. The average Bonchev–Trinajstić information content (AvgIpc) is 3.28. The van der Waals surface area contributed by atoms with Gasteiger partial charge in [-0.2, -0.15) is 0 Å². The van der Waals surface area contributed by atoms with E-state index in [2.05, 4.69) is 0 Å². The molecule has 0 radical (unpaired) electrons. The van der Waals surface area contributed by atoms with Gasteiger partial charge in [0.25, 0.3) is 0 Å². The number of carbonyl (C=O) groups excluding carboxylic acids is 2. The van der Waals surface area contributed by atoms with Crippen molar-refractivity contribution in [3.8, 4) is 28.7 Å². The second kappa shape index (κ2) is 9.30. The summed E-state index contributed by atoms with van der Waals surface area (Å²) < 4.78 is 33.3. The molecule has 188 valence electrons. The highest BCUT2D eigenvalue weighted by atomic mass is 16.7. The molecule has 1 aliphatic carbocycles. The zero-order chi connectivity index (χ0) is 25.5. The Balaban J connectivity index is 1.99. The van der Waals surface area contributed by atoms with Gasteiger partial charge in [-0.05, 0) is 56.2 Å². The SMILES string of the molecule is COc1cc([C@@H]2c3cc4c(cc3C(=O)[C@@H](CO)[C@@H]2C(=O)OC(C)(C)C)OCO4)cc(OC)c1OC. The Labute approximate surface area is 203 Å². The van der Waals surface area contributed by atoms with E-state index in [0.717, 1.165) is 0 Å². The van der Waals surface area contributed by atoms with Crippen LogP contribution in [0.15, 0.2) is 24.3 Å². The summed E-state index contributed by atoms with van der Waals surface area (Å²) in [5.74, 6) is -1.58. The summed E-state index contributed by atoms with van der Waals surface area (Å²) in [5.41, 5.74) is 0.747. The van der Waals surface area contributed by atoms with Gasteiger partial charge in [0.2, 0.25) is 12.5 Å². The van der Waals surface area contributed by atoms with Crippen molar-refractivity contribution in [1.82, 2.24) is 0 Å². The lowest BCUT2D eigenvalue weighted by Crippen LogP contribution is -2.44. The predicted octanol–water partition coefficient (Wildman–Crippen LogP) is 3.34. The number of carbonyl (C=O) groups is 2. The van der Waals surface area contributed by atoms with Gasteiger partial charge in [0.1, 0.15) is 5.60 Å². The van der Waals surface area contributed by atoms with Crippen molar-refractivity contribution in [3.05, 3.63) is 41.0 Å². The van der Waals surface area contributed by atoms with E-state index in [1.807, 2.05) is 0 Å². The first kappa shape index (κ1) is 24.7. The maximum atomic E-state index is 13.6. The standard InChI is InChI=1S/C26H30O9/c1-26(2,3)35-25(29)22-16(11-27)23(28)15-10-18-17(33-12-34-18)9-14(15)21(22)13-7-19(30-4)24(32-6)20(8-13)31-5/h7-10,16,21-22,27H,11-12H2,1-6H3/t16-,21+,22-/m0/s1. The molecule has 1 aliphatic heterocycles. The van der Waals surface area contributed by atoms with E-state index >= 15 is 0 Å². The molecule has 0 aromatic heterocycles. The fourth-order valence-electron chi connectivity index (χ4n) is 4.75. The number of Topliss-reactive ketones (excluding diaryl/α,β-unsaturated/α-hetero) is 1. The van der Waals surface area contributed by atoms with E-state index in [1.54, 1.807) is 45.0 Å². The summed E-state index contributed by atoms with van der Waals surface area (Å²) in [6.07, 6.45) is 0. The molecule has 9 nitrogen and oxygen atoms in total. The van der Waals surface area contributed by atoms with Gasteiger partial charge in [0.15, 0.2) is 28.8 Å². The molecule has 35 heavy (non-hydrogen) atoms. The first-order chi connectivity index (χ1) is 16.6. The average molecular weight is 487 g/mol.